The molecule has 146 valence electrons. The molecule has 1 aliphatic rings. The van der Waals surface area contributed by atoms with Gasteiger partial charge in [0.2, 0.25) is 0 Å². The van der Waals surface area contributed by atoms with Crippen LogP contribution in [0.4, 0.5) is 4.39 Å². The van der Waals surface area contributed by atoms with Gasteiger partial charge >= 0.3 is 0 Å². The number of carbonyl (C=O) groups excluding carboxylic acids is 1. The Balaban J connectivity index is 1.44. The number of carbonyl (C=O) groups is 1. The highest BCUT2D eigenvalue weighted by atomic mass is 19.1. The van der Waals surface area contributed by atoms with Crippen LogP contribution < -0.4 is 0 Å². The predicted octanol–water partition coefficient (Wildman–Crippen LogP) is 2.83. The van der Waals surface area contributed by atoms with Crippen LogP contribution in [0.25, 0.3) is 5.65 Å². The Kier molecular flexibility index (Phi) is 5.09. The minimum absolute atomic E-state index is 0.0498. The van der Waals surface area contributed by atoms with Crippen molar-refractivity contribution in [3.05, 3.63) is 64.9 Å². The summed E-state index contributed by atoms with van der Waals surface area (Å²) in [6.45, 7) is 7.71. The molecule has 0 aliphatic carbocycles. The first-order chi connectivity index (χ1) is 13.5. The first-order valence-corrected chi connectivity index (χ1v) is 9.60. The molecule has 1 aromatic carbocycles. The SMILES string of the molecule is Cc1cc(C)n2nc(C(=O)N3CCCN(Cc4ccc(F)cc4)CC3)cc2n1. The van der Waals surface area contributed by atoms with Crippen molar-refractivity contribution in [1.29, 1.82) is 0 Å². The van der Waals surface area contributed by atoms with Crippen molar-refractivity contribution in [3.63, 3.8) is 0 Å². The van der Waals surface area contributed by atoms with E-state index in [1.807, 2.05) is 36.9 Å². The summed E-state index contributed by atoms with van der Waals surface area (Å²) >= 11 is 0. The summed E-state index contributed by atoms with van der Waals surface area (Å²) in [6.07, 6.45) is 0.899. The molecule has 0 radical (unpaired) electrons. The van der Waals surface area contributed by atoms with Crippen LogP contribution in [0.1, 0.15) is 33.9 Å². The molecule has 1 fully saturated rings. The van der Waals surface area contributed by atoms with E-state index in [0.29, 0.717) is 24.4 Å². The quantitative estimate of drug-likeness (QED) is 0.700. The molecule has 7 heteroatoms. The monoisotopic (exact) mass is 381 g/mol. The molecular weight excluding hydrogens is 357 g/mol. The number of hydrogen-bond donors (Lipinski definition) is 0. The van der Waals surface area contributed by atoms with Crippen molar-refractivity contribution in [2.24, 2.45) is 0 Å². The van der Waals surface area contributed by atoms with Crippen LogP contribution in [-0.2, 0) is 6.54 Å². The molecule has 6 nitrogen and oxygen atoms in total. The van der Waals surface area contributed by atoms with Gasteiger partial charge in [-0.2, -0.15) is 5.10 Å². The van der Waals surface area contributed by atoms with E-state index in [-0.39, 0.29) is 11.7 Å². The molecule has 1 aliphatic heterocycles. The lowest BCUT2D eigenvalue weighted by Crippen LogP contribution is -2.35. The van der Waals surface area contributed by atoms with Gasteiger partial charge in [-0.25, -0.2) is 13.9 Å². The summed E-state index contributed by atoms with van der Waals surface area (Å²) in [5.74, 6) is -0.269. The number of benzene rings is 1. The Morgan fingerprint density at radius 1 is 1.07 bits per heavy atom. The van der Waals surface area contributed by atoms with Crippen molar-refractivity contribution in [1.82, 2.24) is 24.4 Å². The lowest BCUT2D eigenvalue weighted by atomic mass is 10.2. The second-order valence-electron chi connectivity index (χ2n) is 7.39. The first-order valence-electron chi connectivity index (χ1n) is 9.60. The molecule has 0 saturated carbocycles. The average Bonchev–Trinajstić information content (AvgIpc) is 2.96. The van der Waals surface area contributed by atoms with E-state index in [2.05, 4.69) is 15.0 Å². The Hall–Kier alpha value is -2.80. The Bertz CT molecular complexity index is 998. The molecule has 28 heavy (non-hydrogen) atoms. The van der Waals surface area contributed by atoms with Gasteiger partial charge in [-0.1, -0.05) is 12.1 Å². The van der Waals surface area contributed by atoms with Gasteiger partial charge in [0.05, 0.1) is 0 Å². The molecule has 3 heterocycles. The molecule has 0 bridgehead atoms. The second kappa shape index (κ2) is 7.67. The highest BCUT2D eigenvalue weighted by molar-refractivity contribution is 5.93. The molecule has 0 spiro atoms. The van der Waals surface area contributed by atoms with Gasteiger partial charge in [0, 0.05) is 50.2 Å². The van der Waals surface area contributed by atoms with Gasteiger partial charge < -0.3 is 4.90 Å². The minimum Gasteiger partial charge on any atom is -0.336 e. The van der Waals surface area contributed by atoms with Crippen LogP contribution in [0.3, 0.4) is 0 Å². The van der Waals surface area contributed by atoms with Gasteiger partial charge in [0.1, 0.15) is 5.82 Å². The third-order valence-corrected chi connectivity index (χ3v) is 5.15. The molecule has 2 aromatic heterocycles. The zero-order valence-electron chi connectivity index (χ0n) is 16.2. The second-order valence-corrected chi connectivity index (χ2v) is 7.39. The molecule has 1 amide bonds. The molecule has 4 rings (SSSR count). The lowest BCUT2D eigenvalue weighted by Gasteiger charge is -2.21. The molecule has 3 aromatic rings. The zero-order valence-corrected chi connectivity index (χ0v) is 16.2. The normalized spacial score (nSPS) is 15.8. The lowest BCUT2D eigenvalue weighted by molar-refractivity contribution is 0.0755. The van der Waals surface area contributed by atoms with E-state index in [0.717, 1.165) is 43.0 Å². The number of halogens is 1. The zero-order chi connectivity index (χ0) is 19.7. The summed E-state index contributed by atoms with van der Waals surface area (Å²) < 4.78 is 14.8. The number of aromatic nitrogens is 3. The topological polar surface area (TPSA) is 53.7 Å². The van der Waals surface area contributed by atoms with Crippen LogP contribution >= 0.6 is 0 Å². The van der Waals surface area contributed by atoms with Crippen LogP contribution in [0.5, 0.6) is 0 Å². The maximum Gasteiger partial charge on any atom is 0.274 e. The van der Waals surface area contributed by atoms with Crippen LogP contribution in [-0.4, -0.2) is 56.5 Å². The largest absolute Gasteiger partial charge is 0.336 e. The summed E-state index contributed by atoms with van der Waals surface area (Å²) in [4.78, 5) is 21.6. The van der Waals surface area contributed by atoms with E-state index < -0.39 is 0 Å². The van der Waals surface area contributed by atoms with Crippen molar-refractivity contribution in [2.45, 2.75) is 26.8 Å². The molecule has 1 saturated heterocycles. The summed E-state index contributed by atoms with van der Waals surface area (Å²) in [7, 11) is 0. The smallest absolute Gasteiger partial charge is 0.274 e. The predicted molar refractivity (Wildman–Crippen MR) is 105 cm³/mol. The maximum absolute atomic E-state index is 13.1. The van der Waals surface area contributed by atoms with Crippen LogP contribution in [0, 0.1) is 19.7 Å². The van der Waals surface area contributed by atoms with E-state index in [4.69, 9.17) is 0 Å². The number of nitrogens with zero attached hydrogens (tertiary/aromatic N) is 5. The standard InChI is InChI=1S/C21H24FN5O/c1-15-12-16(2)27-20(23-15)13-19(24-27)21(28)26-9-3-8-25(10-11-26)14-17-4-6-18(22)7-5-17/h4-7,12-13H,3,8-11,14H2,1-2H3. The van der Waals surface area contributed by atoms with Crippen molar-refractivity contribution in [2.75, 3.05) is 26.2 Å². The fraction of sp³-hybridized carbons (Fsp3) is 0.381. The van der Waals surface area contributed by atoms with Crippen LogP contribution in [0.2, 0.25) is 0 Å². The summed E-state index contributed by atoms with van der Waals surface area (Å²) in [5, 5.41) is 4.47. The average molecular weight is 381 g/mol. The molecule has 0 unspecified atom stereocenters. The Morgan fingerprint density at radius 2 is 1.86 bits per heavy atom. The Labute approximate surface area is 163 Å². The van der Waals surface area contributed by atoms with E-state index in [9.17, 15) is 9.18 Å². The molecule has 0 atom stereocenters. The number of amides is 1. The van der Waals surface area contributed by atoms with Crippen molar-refractivity contribution < 1.29 is 9.18 Å². The van der Waals surface area contributed by atoms with E-state index in [1.54, 1.807) is 10.6 Å². The number of rotatable bonds is 3. The fourth-order valence-electron chi connectivity index (χ4n) is 3.73. The Morgan fingerprint density at radius 3 is 2.64 bits per heavy atom. The molecule has 0 N–H and O–H groups in total. The third kappa shape index (κ3) is 3.89. The van der Waals surface area contributed by atoms with Gasteiger partial charge in [0.15, 0.2) is 11.3 Å². The van der Waals surface area contributed by atoms with Gasteiger partial charge in [0.25, 0.3) is 5.91 Å². The maximum atomic E-state index is 13.1. The van der Waals surface area contributed by atoms with E-state index >= 15 is 0 Å². The minimum atomic E-state index is -0.219. The highest BCUT2D eigenvalue weighted by Crippen LogP contribution is 2.14. The van der Waals surface area contributed by atoms with E-state index in [1.165, 1.54) is 12.1 Å². The van der Waals surface area contributed by atoms with Gasteiger partial charge in [-0.3, -0.25) is 9.69 Å². The summed E-state index contributed by atoms with van der Waals surface area (Å²) in [5.41, 5.74) is 4.10. The summed E-state index contributed by atoms with van der Waals surface area (Å²) in [6, 6.07) is 10.3. The van der Waals surface area contributed by atoms with Crippen molar-refractivity contribution in [3.8, 4) is 0 Å². The number of hydrogen-bond acceptors (Lipinski definition) is 4. The van der Waals surface area contributed by atoms with Crippen LogP contribution in [0.15, 0.2) is 36.4 Å². The number of fused-ring (bicyclic) bond motifs is 1. The van der Waals surface area contributed by atoms with Gasteiger partial charge in [-0.15, -0.1) is 0 Å². The number of aryl methyl sites for hydroxylation is 2. The first kappa shape index (κ1) is 18.6. The third-order valence-electron chi connectivity index (χ3n) is 5.15. The van der Waals surface area contributed by atoms with Crippen molar-refractivity contribution >= 4 is 11.6 Å². The molecular formula is C21H24FN5O. The van der Waals surface area contributed by atoms with Gasteiger partial charge in [-0.05, 0) is 44.0 Å². The highest BCUT2D eigenvalue weighted by Gasteiger charge is 2.23. The fourth-order valence-corrected chi connectivity index (χ4v) is 3.73.